The van der Waals surface area contributed by atoms with Crippen LogP contribution in [0.5, 0.6) is 5.75 Å². The summed E-state index contributed by atoms with van der Waals surface area (Å²) >= 11 is 0. The lowest BCUT2D eigenvalue weighted by Crippen LogP contribution is -2.32. The van der Waals surface area contributed by atoms with Gasteiger partial charge in [-0.25, -0.2) is 0 Å². The number of aromatic nitrogens is 4. The fourth-order valence-corrected chi connectivity index (χ4v) is 3.65. The van der Waals surface area contributed by atoms with Crippen LogP contribution < -0.4 is 15.4 Å². The van der Waals surface area contributed by atoms with Gasteiger partial charge >= 0.3 is 6.61 Å². The van der Waals surface area contributed by atoms with Crippen LogP contribution in [0.4, 0.5) is 20.4 Å². The number of halogens is 2. The van der Waals surface area contributed by atoms with E-state index in [0.717, 1.165) is 11.1 Å². The van der Waals surface area contributed by atoms with E-state index < -0.39 is 18.6 Å². The highest BCUT2D eigenvalue weighted by atomic mass is 19.3. The Morgan fingerprint density at radius 1 is 1.19 bits per heavy atom. The number of tetrazole rings is 1. The lowest BCUT2D eigenvalue weighted by atomic mass is 9.94. The summed E-state index contributed by atoms with van der Waals surface area (Å²) in [6.07, 6.45) is 0. The van der Waals surface area contributed by atoms with E-state index in [1.165, 1.54) is 10.7 Å². The van der Waals surface area contributed by atoms with Crippen molar-refractivity contribution in [1.82, 2.24) is 20.2 Å². The Bertz CT molecular complexity index is 1170. The highest BCUT2D eigenvalue weighted by molar-refractivity contribution is 6.06. The number of benzene rings is 2. The maximum Gasteiger partial charge on any atom is 0.387 e. The fourth-order valence-electron chi connectivity index (χ4n) is 3.65. The lowest BCUT2D eigenvalue weighted by Gasteiger charge is -2.29. The first kappa shape index (κ1) is 20.5. The first-order valence-corrected chi connectivity index (χ1v) is 9.53. The molecule has 0 aliphatic carbocycles. The van der Waals surface area contributed by atoms with E-state index in [2.05, 4.69) is 26.2 Å². The maximum absolute atomic E-state index is 13.4. The predicted molar refractivity (Wildman–Crippen MR) is 110 cm³/mol. The smallest absolute Gasteiger partial charge is 0.387 e. The average Bonchev–Trinajstić information content (AvgIpc) is 3.17. The second-order valence-corrected chi connectivity index (χ2v) is 7.20. The normalized spacial score (nSPS) is 15.5. The molecule has 2 N–H and O–H groups in total. The van der Waals surface area contributed by atoms with Crippen LogP contribution in [0.1, 0.15) is 29.7 Å². The monoisotopic (exact) mass is 426 g/mol. The van der Waals surface area contributed by atoms with Gasteiger partial charge in [-0.05, 0) is 48.9 Å². The van der Waals surface area contributed by atoms with Gasteiger partial charge in [0.2, 0.25) is 5.95 Å². The van der Waals surface area contributed by atoms with Crippen molar-refractivity contribution in [2.45, 2.75) is 33.4 Å². The number of para-hydroxylation sites is 1. The van der Waals surface area contributed by atoms with Gasteiger partial charge in [0.1, 0.15) is 11.8 Å². The summed E-state index contributed by atoms with van der Waals surface area (Å²) in [4.78, 5) is 13.4. The summed E-state index contributed by atoms with van der Waals surface area (Å²) in [5.74, 6) is -0.178. The van der Waals surface area contributed by atoms with Crippen molar-refractivity contribution in [1.29, 1.82) is 0 Å². The van der Waals surface area contributed by atoms with Gasteiger partial charge in [0, 0.05) is 16.9 Å². The minimum atomic E-state index is -3.02. The number of hydrogen-bond donors (Lipinski definition) is 2. The Morgan fingerprint density at radius 3 is 2.71 bits per heavy atom. The van der Waals surface area contributed by atoms with E-state index in [1.54, 1.807) is 25.1 Å². The molecule has 0 spiro atoms. The highest BCUT2D eigenvalue weighted by Crippen LogP contribution is 2.39. The van der Waals surface area contributed by atoms with Crippen LogP contribution in [0.25, 0.3) is 0 Å². The molecule has 31 heavy (non-hydrogen) atoms. The van der Waals surface area contributed by atoms with Crippen LogP contribution in [-0.4, -0.2) is 32.7 Å². The van der Waals surface area contributed by atoms with E-state index in [9.17, 15) is 13.6 Å². The molecular formula is C21H20F2N6O2. The molecule has 2 aromatic carbocycles. The van der Waals surface area contributed by atoms with Gasteiger partial charge in [0.25, 0.3) is 5.91 Å². The highest BCUT2D eigenvalue weighted by Gasteiger charge is 2.36. The number of ether oxygens (including phenoxy) is 1. The van der Waals surface area contributed by atoms with Gasteiger partial charge < -0.3 is 15.4 Å². The molecule has 0 saturated heterocycles. The van der Waals surface area contributed by atoms with Crippen LogP contribution in [0.15, 0.2) is 53.7 Å². The summed E-state index contributed by atoms with van der Waals surface area (Å²) in [5, 5.41) is 17.5. The number of nitrogens with one attached hydrogen (secondary N) is 2. The number of carbonyl (C=O) groups is 1. The molecule has 1 aliphatic heterocycles. The number of nitrogens with zero attached hydrogens (tertiary/aromatic N) is 4. The molecule has 1 amide bonds. The lowest BCUT2D eigenvalue weighted by molar-refractivity contribution is -0.113. The summed E-state index contributed by atoms with van der Waals surface area (Å²) in [5.41, 5.74) is 3.74. The fraction of sp³-hybridized carbons (Fsp3) is 0.238. The molecule has 10 heteroatoms. The van der Waals surface area contributed by atoms with Gasteiger partial charge in [0.15, 0.2) is 0 Å². The molecule has 160 valence electrons. The van der Waals surface area contributed by atoms with Crippen molar-refractivity contribution >= 4 is 17.5 Å². The van der Waals surface area contributed by atoms with E-state index in [4.69, 9.17) is 4.74 Å². The van der Waals surface area contributed by atoms with E-state index in [-0.39, 0.29) is 17.3 Å². The second-order valence-electron chi connectivity index (χ2n) is 7.20. The topological polar surface area (TPSA) is 94.0 Å². The summed E-state index contributed by atoms with van der Waals surface area (Å²) in [7, 11) is 0. The number of rotatable bonds is 5. The molecule has 0 saturated carbocycles. The number of allylic oxidation sites excluding steroid dienone is 1. The van der Waals surface area contributed by atoms with Crippen molar-refractivity contribution in [3.63, 3.8) is 0 Å². The first-order chi connectivity index (χ1) is 14.8. The molecule has 1 atom stereocenters. The van der Waals surface area contributed by atoms with Crippen LogP contribution in [0, 0.1) is 13.8 Å². The molecule has 1 aromatic heterocycles. The Morgan fingerprint density at radius 2 is 1.97 bits per heavy atom. The quantitative estimate of drug-likeness (QED) is 0.644. The van der Waals surface area contributed by atoms with Crippen molar-refractivity contribution in [2.24, 2.45) is 0 Å². The van der Waals surface area contributed by atoms with Crippen molar-refractivity contribution < 1.29 is 18.3 Å². The summed E-state index contributed by atoms with van der Waals surface area (Å²) in [6, 6.07) is 11.1. The molecule has 8 nitrogen and oxygen atoms in total. The van der Waals surface area contributed by atoms with Crippen molar-refractivity contribution in [2.75, 3.05) is 10.6 Å². The Balaban J connectivity index is 1.79. The van der Waals surface area contributed by atoms with E-state index in [0.29, 0.717) is 16.9 Å². The van der Waals surface area contributed by atoms with Gasteiger partial charge in [0.05, 0.1) is 5.57 Å². The number of carbonyl (C=O) groups excluding carboxylic acids is 1. The second kappa shape index (κ2) is 8.13. The molecule has 0 bridgehead atoms. The molecular weight excluding hydrogens is 406 g/mol. The third-order valence-corrected chi connectivity index (χ3v) is 5.02. The Labute approximate surface area is 176 Å². The van der Waals surface area contributed by atoms with E-state index in [1.807, 2.05) is 32.0 Å². The zero-order valence-corrected chi connectivity index (χ0v) is 17.1. The zero-order valence-electron chi connectivity index (χ0n) is 17.1. The number of alkyl halides is 2. The summed E-state index contributed by atoms with van der Waals surface area (Å²) < 4.78 is 32.1. The third kappa shape index (κ3) is 3.96. The number of anilines is 2. The van der Waals surface area contributed by atoms with E-state index >= 15 is 0 Å². The minimum absolute atomic E-state index is 0.0598. The minimum Gasteiger partial charge on any atom is -0.434 e. The van der Waals surface area contributed by atoms with Gasteiger partial charge in [-0.2, -0.15) is 13.5 Å². The molecule has 0 fully saturated rings. The average molecular weight is 426 g/mol. The van der Waals surface area contributed by atoms with Gasteiger partial charge in [-0.3, -0.25) is 4.79 Å². The zero-order chi connectivity index (χ0) is 22.1. The third-order valence-electron chi connectivity index (χ3n) is 5.02. The van der Waals surface area contributed by atoms with Crippen LogP contribution in [-0.2, 0) is 4.79 Å². The number of aryl methyl sites for hydroxylation is 2. The molecule has 0 radical (unpaired) electrons. The largest absolute Gasteiger partial charge is 0.434 e. The molecule has 1 aliphatic rings. The van der Waals surface area contributed by atoms with Crippen molar-refractivity contribution in [3.05, 3.63) is 70.4 Å². The number of hydrogen-bond acceptors (Lipinski definition) is 6. The predicted octanol–water partition coefficient (Wildman–Crippen LogP) is 3.82. The standard InChI is InChI=1S/C21H20F2N6O2/c1-11-8-9-15(12(2)10-11)25-19(30)17-13(3)24-21-26-27-28-29(21)18(17)14-6-4-5-7-16(14)31-20(22)23/h4-10,18,20H,1-3H3,(H,25,30)(H,24,26,28). The Kier molecular flexibility index (Phi) is 5.37. The number of amides is 1. The SMILES string of the molecule is CC1=C(C(=O)Nc2ccc(C)cc2C)C(c2ccccc2OC(F)F)n2nnnc2N1. The molecule has 4 rings (SSSR count). The van der Waals surface area contributed by atoms with Crippen LogP contribution in [0.2, 0.25) is 0 Å². The number of fused-ring (bicyclic) bond motifs is 1. The molecule has 2 heterocycles. The van der Waals surface area contributed by atoms with Gasteiger partial charge in [-0.1, -0.05) is 41.0 Å². The van der Waals surface area contributed by atoms with Crippen molar-refractivity contribution in [3.8, 4) is 5.75 Å². The van der Waals surface area contributed by atoms with Gasteiger partial charge in [-0.15, -0.1) is 0 Å². The first-order valence-electron chi connectivity index (χ1n) is 9.53. The molecule has 3 aromatic rings. The maximum atomic E-state index is 13.4. The van der Waals surface area contributed by atoms with Crippen LogP contribution >= 0.6 is 0 Å². The van der Waals surface area contributed by atoms with Crippen LogP contribution in [0.3, 0.4) is 0 Å². The molecule has 1 unspecified atom stereocenters. The summed E-state index contributed by atoms with van der Waals surface area (Å²) in [6.45, 7) is 2.55. The Hall–Kier alpha value is -3.82.